The van der Waals surface area contributed by atoms with Crippen molar-refractivity contribution in [3.05, 3.63) is 48.9 Å². The van der Waals surface area contributed by atoms with Crippen LogP contribution in [0.3, 0.4) is 0 Å². The Labute approximate surface area is 200 Å². The molecule has 1 aliphatic heterocycles. The highest BCUT2D eigenvalue weighted by molar-refractivity contribution is 5.85. The van der Waals surface area contributed by atoms with E-state index < -0.39 is 0 Å². The zero-order valence-electron chi connectivity index (χ0n) is 20.4. The summed E-state index contributed by atoms with van der Waals surface area (Å²) in [6, 6.07) is 11.2. The van der Waals surface area contributed by atoms with Crippen LogP contribution >= 0.6 is 0 Å². The number of nitrogens with zero attached hydrogens (tertiary/aromatic N) is 6. The zero-order chi connectivity index (χ0) is 23.7. The van der Waals surface area contributed by atoms with Crippen LogP contribution in [-0.2, 0) is 0 Å². The maximum Gasteiger partial charge on any atom is 0.213 e. The van der Waals surface area contributed by atoms with Crippen LogP contribution in [0.1, 0.15) is 20.3 Å². The summed E-state index contributed by atoms with van der Waals surface area (Å²) in [5.74, 6) is 1.63. The number of anilines is 1. The number of aromatic nitrogens is 4. The lowest BCUT2D eigenvalue weighted by molar-refractivity contribution is 0.273. The number of pyridine rings is 1. The first kappa shape index (κ1) is 22.6. The third kappa shape index (κ3) is 4.69. The van der Waals surface area contributed by atoms with E-state index in [1.54, 1.807) is 0 Å². The monoisotopic (exact) mass is 459 g/mol. The first-order valence-electron chi connectivity index (χ1n) is 12.0. The number of ether oxygens (including phenoxy) is 1. The maximum atomic E-state index is 5.79. The molecule has 4 heterocycles. The van der Waals surface area contributed by atoms with Gasteiger partial charge in [0, 0.05) is 49.5 Å². The highest BCUT2D eigenvalue weighted by atomic mass is 16.5. The summed E-state index contributed by atoms with van der Waals surface area (Å²) in [4.78, 5) is 18.5. The molecule has 0 saturated carbocycles. The average molecular weight is 460 g/mol. The summed E-state index contributed by atoms with van der Waals surface area (Å²) in [7, 11) is 4.13. The summed E-state index contributed by atoms with van der Waals surface area (Å²) < 4.78 is 8.02. The topological polar surface area (TPSA) is 70.8 Å². The van der Waals surface area contributed by atoms with E-state index in [0.29, 0.717) is 24.6 Å². The zero-order valence-corrected chi connectivity index (χ0v) is 20.4. The van der Waals surface area contributed by atoms with Crippen molar-refractivity contribution in [1.82, 2.24) is 29.6 Å². The van der Waals surface area contributed by atoms with E-state index in [4.69, 9.17) is 9.72 Å². The largest absolute Gasteiger partial charge is 0.478 e. The predicted molar refractivity (Wildman–Crippen MR) is 137 cm³/mol. The van der Waals surface area contributed by atoms with Crippen molar-refractivity contribution in [3.8, 4) is 17.0 Å². The van der Waals surface area contributed by atoms with Crippen molar-refractivity contribution in [2.24, 2.45) is 0 Å². The van der Waals surface area contributed by atoms with E-state index in [-0.39, 0.29) is 0 Å². The SMILES string of the molecule is C[C@@H]1CN(c2ncc3cnc4ccc(-c5ccc(OCCCN(C)C)nc5)cc4n23)C[C@H](C)N1. The summed E-state index contributed by atoms with van der Waals surface area (Å²) in [5.41, 5.74) is 5.13. The van der Waals surface area contributed by atoms with Gasteiger partial charge in [0.05, 0.1) is 35.6 Å². The third-order valence-electron chi connectivity index (χ3n) is 6.23. The standard InChI is InChI=1S/C26H33N7O/c1-18-16-32(17-19(2)30-18)26-29-15-22-14-27-23-8-6-20(12-24(23)33(22)26)21-7-9-25(28-13-21)34-11-5-10-31(3)4/h6-9,12-15,18-19,30H,5,10-11,16-17H2,1-4H3/t18-,19+. The molecular weight excluding hydrogens is 426 g/mol. The molecule has 0 bridgehead atoms. The Hall–Kier alpha value is -3.23. The first-order valence-corrected chi connectivity index (χ1v) is 12.0. The van der Waals surface area contributed by atoms with Crippen molar-refractivity contribution in [3.63, 3.8) is 0 Å². The van der Waals surface area contributed by atoms with Crippen LogP contribution in [0.15, 0.2) is 48.9 Å². The van der Waals surface area contributed by atoms with E-state index in [1.807, 2.05) is 24.7 Å². The molecule has 178 valence electrons. The van der Waals surface area contributed by atoms with Crippen LogP contribution in [-0.4, -0.2) is 76.7 Å². The fraction of sp³-hybridized carbons (Fsp3) is 0.423. The molecular formula is C26H33N7O. The highest BCUT2D eigenvalue weighted by Crippen LogP contribution is 2.28. The van der Waals surface area contributed by atoms with Gasteiger partial charge in [0.15, 0.2) is 0 Å². The van der Waals surface area contributed by atoms with Gasteiger partial charge in [-0.15, -0.1) is 0 Å². The molecule has 2 atom stereocenters. The molecule has 5 rings (SSSR count). The van der Waals surface area contributed by atoms with Crippen LogP contribution in [0.2, 0.25) is 0 Å². The minimum atomic E-state index is 0.412. The van der Waals surface area contributed by atoms with Gasteiger partial charge < -0.3 is 19.9 Å². The highest BCUT2D eigenvalue weighted by Gasteiger charge is 2.24. The molecule has 1 N–H and O–H groups in total. The van der Waals surface area contributed by atoms with Crippen molar-refractivity contribution in [2.75, 3.05) is 45.2 Å². The van der Waals surface area contributed by atoms with E-state index >= 15 is 0 Å². The summed E-state index contributed by atoms with van der Waals surface area (Å²) in [6.07, 6.45) is 6.67. The first-order chi connectivity index (χ1) is 16.5. The molecule has 1 fully saturated rings. The normalized spacial score (nSPS) is 18.8. The second kappa shape index (κ2) is 9.56. The van der Waals surface area contributed by atoms with Crippen LogP contribution in [0.4, 0.5) is 5.95 Å². The van der Waals surface area contributed by atoms with Gasteiger partial charge in [-0.25, -0.2) is 9.97 Å². The Bertz CT molecular complexity index is 1260. The summed E-state index contributed by atoms with van der Waals surface area (Å²) in [6.45, 7) is 7.95. The van der Waals surface area contributed by atoms with Gasteiger partial charge in [0.25, 0.3) is 0 Å². The number of rotatable bonds is 7. The van der Waals surface area contributed by atoms with Crippen molar-refractivity contribution in [1.29, 1.82) is 0 Å². The third-order valence-corrected chi connectivity index (χ3v) is 6.23. The molecule has 1 aromatic carbocycles. The Balaban J connectivity index is 1.44. The lowest BCUT2D eigenvalue weighted by atomic mass is 10.1. The van der Waals surface area contributed by atoms with Crippen LogP contribution < -0.4 is 15.0 Å². The Morgan fingerprint density at radius 3 is 2.47 bits per heavy atom. The van der Waals surface area contributed by atoms with Gasteiger partial charge in [-0.2, -0.15) is 0 Å². The molecule has 8 nitrogen and oxygen atoms in total. The second-order valence-corrected chi connectivity index (χ2v) is 9.54. The molecule has 1 aliphatic rings. The fourth-order valence-corrected chi connectivity index (χ4v) is 4.73. The molecule has 0 radical (unpaired) electrons. The van der Waals surface area contributed by atoms with E-state index in [1.165, 1.54) is 0 Å². The maximum absolute atomic E-state index is 5.79. The molecule has 0 spiro atoms. The average Bonchev–Trinajstić information content (AvgIpc) is 3.26. The Morgan fingerprint density at radius 1 is 0.971 bits per heavy atom. The van der Waals surface area contributed by atoms with Gasteiger partial charge in [-0.05, 0) is 58.1 Å². The molecule has 4 aromatic rings. The van der Waals surface area contributed by atoms with Gasteiger partial charge in [0.1, 0.15) is 0 Å². The predicted octanol–water partition coefficient (Wildman–Crippen LogP) is 3.46. The molecule has 0 amide bonds. The summed E-state index contributed by atoms with van der Waals surface area (Å²) >= 11 is 0. The van der Waals surface area contributed by atoms with E-state index in [2.05, 4.69) is 81.7 Å². The minimum Gasteiger partial charge on any atom is -0.478 e. The number of imidazole rings is 1. The van der Waals surface area contributed by atoms with Crippen LogP contribution in [0.5, 0.6) is 5.88 Å². The van der Waals surface area contributed by atoms with E-state index in [9.17, 15) is 0 Å². The van der Waals surface area contributed by atoms with Gasteiger partial charge in [-0.3, -0.25) is 9.38 Å². The lowest BCUT2D eigenvalue weighted by Crippen LogP contribution is -2.54. The number of hydrogen-bond donors (Lipinski definition) is 1. The molecule has 0 unspecified atom stereocenters. The fourth-order valence-electron chi connectivity index (χ4n) is 4.73. The Kier molecular flexibility index (Phi) is 6.34. The number of fused-ring (bicyclic) bond motifs is 3. The smallest absolute Gasteiger partial charge is 0.213 e. The molecule has 1 saturated heterocycles. The van der Waals surface area contributed by atoms with Crippen molar-refractivity contribution in [2.45, 2.75) is 32.4 Å². The molecule has 3 aromatic heterocycles. The number of piperazine rings is 1. The molecule has 34 heavy (non-hydrogen) atoms. The minimum absolute atomic E-state index is 0.412. The molecule has 8 heteroatoms. The van der Waals surface area contributed by atoms with Gasteiger partial charge in [-0.1, -0.05) is 6.07 Å². The van der Waals surface area contributed by atoms with Crippen molar-refractivity contribution >= 4 is 22.5 Å². The van der Waals surface area contributed by atoms with E-state index in [0.717, 1.165) is 59.7 Å². The molecule has 0 aliphatic carbocycles. The summed E-state index contributed by atoms with van der Waals surface area (Å²) in [5, 5.41) is 3.60. The number of nitrogens with one attached hydrogen (secondary N) is 1. The quantitative estimate of drug-likeness (QED) is 0.425. The van der Waals surface area contributed by atoms with Crippen LogP contribution in [0.25, 0.3) is 27.7 Å². The lowest BCUT2D eigenvalue weighted by Gasteiger charge is -2.36. The van der Waals surface area contributed by atoms with Crippen molar-refractivity contribution < 1.29 is 4.74 Å². The van der Waals surface area contributed by atoms with Crippen LogP contribution in [0, 0.1) is 0 Å². The Morgan fingerprint density at radius 2 is 1.74 bits per heavy atom. The number of benzene rings is 1. The van der Waals surface area contributed by atoms with Gasteiger partial charge >= 0.3 is 0 Å². The second-order valence-electron chi connectivity index (χ2n) is 9.54. The number of hydrogen-bond acceptors (Lipinski definition) is 7. The van der Waals surface area contributed by atoms with Gasteiger partial charge in [0.2, 0.25) is 11.8 Å².